The van der Waals surface area contributed by atoms with E-state index in [1.807, 2.05) is 79.4 Å². The first kappa shape index (κ1) is 25.7. The molecule has 180 valence electrons. The van der Waals surface area contributed by atoms with E-state index < -0.39 is 0 Å². The summed E-state index contributed by atoms with van der Waals surface area (Å²) in [5, 5.41) is 2.05. The van der Waals surface area contributed by atoms with Crippen molar-refractivity contribution in [3.05, 3.63) is 93.7 Å². The van der Waals surface area contributed by atoms with Crippen LogP contribution in [0.5, 0.6) is 0 Å². The molecule has 1 aromatic heterocycles. The summed E-state index contributed by atoms with van der Waals surface area (Å²) in [5.41, 5.74) is 3.26. The average molecular weight is 479 g/mol. The Kier molecular flexibility index (Phi) is 9.86. The molecule has 2 aromatic carbocycles. The molecule has 0 aliphatic rings. The molecule has 1 heterocycles. The molecule has 0 unspecified atom stereocenters. The Morgan fingerprint density at radius 2 is 1.50 bits per heavy atom. The zero-order valence-electron chi connectivity index (χ0n) is 20.3. The molecule has 3 aromatic rings. The minimum Gasteiger partial charge on any atom is -0.367 e. The molecule has 0 aliphatic heterocycles. The average Bonchev–Trinajstić information content (AvgIpc) is 3.23. The molecular weight excluding hydrogens is 444 g/mol. The first-order chi connectivity index (χ1) is 16.4. The van der Waals surface area contributed by atoms with E-state index in [1.54, 1.807) is 16.2 Å². The van der Waals surface area contributed by atoms with Crippen molar-refractivity contribution in [1.82, 2.24) is 9.80 Å². The topological polar surface area (TPSA) is 49.9 Å². The van der Waals surface area contributed by atoms with Gasteiger partial charge in [-0.1, -0.05) is 74.5 Å². The second kappa shape index (κ2) is 13.1. The minimum atomic E-state index is -0.162. The summed E-state index contributed by atoms with van der Waals surface area (Å²) in [5.74, 6) is 0.0200. The third-order valence-electron chi connectivity index (χ3n) is 5.47. The number of rotatable bonds is 12. The molecule has 0 atom stereocenters. The Labute approximate surface area is 207 Å². The Balaban J connectivity index is 1.67. The molecule has 0 N–H and O–H groups in total. The molecule has 0 bridgehead atoms. The van der Waals surface area contributed by atoms with E-state index in [9.17, 15) is 9.59 Å². The molecule has 6 heteroatoms. The fourth-order valence-corrected chi connectivity index (χ4v) is 4.58. The smallest absolute Gasteiger partial charge is 0.249 e. The Morgan fingerprint density at radius 3 is 2.09 bits per heavy atom. The van der Waals surface area contributed by atoms with Crippen LogP contribution in [0.25, 0.3) is 0 Å². The third-order valence-corrected chi connectivity index (χ3v) is 6.48. The molecular formula is C28H34N2O3S. The summed E-state index contributed by atoms with van der Waals surface area (Å²) in [4.78, 5) is 31.1. The number of aryl methyl sites for hydroxylation is 1. The van der Waals surface area contributed by atoms with E-state index in [1.165, 1.54) is 5.56 Å². The standard InChI is InChI=1S/C28H34N2O3S/c1-22(2)16-29(28(32)21-33-20-25-12-8-5-9-13-25)19-27(31)30(17-24-10-6-4-7-11-24)18-26-23(3)14-15-34-26/h4-15,22H,16-21H2,1-3H3. The van der Waals surface area contributed by atoms with Gasteiger partial charge in [-0.2, -0.15) is 0 Å². The predicted molar refractivity (Wildman–Crippen MR) is 137 cm³/mol. The minimum absolute atomic E-state index is 0.0440. The van der Waals surface area contributed by atoms with Gasteiger partial charge in [-0.05, 0) is 41.0 Å². The van der Waals surface area contributed by atoms with Gasteiger partial charge in [0, 0.05) is 18.0 Å². The Hall–Kier alpha value is -2.96. The first-order valence-corrected chi connectivity index (χ1v) is 12.5. The van der Waals surface area contributed by atoms with Crippen molar-refractivity contribution in [1.29, 1.82) is 0 Å². The van der Waals surface area contributed by atoms with E-state index in [0.717, 1.165) is 16.0 Å². The molecule has 0 saturated carbocycles. The van der Waals surface area contributed by atoms with E-state index in [-0.39, 0.29) is 30.9 Å². The van der Waals surface area contributed by atoms with Gasteiger partial charge in [0.15, 0.2) is 0 Å². The largest absolute Gasteiger partial charge is 0.367 e. The van der Waals surface area contributed by atoms with Crippen molar-refractivity contribution >= 4 is 23.2 Å². The van der Waals surface area contributed by atoms with Gasteiger partial charge < -0.3 is 14.5 Å². The highest BCUT2D eigenvalue weighted by Gasteiger charge is 2.23. The summed E-state index contributed by atoms with van der Waals surface area (Å²) in [6.45, 7) is 8.08. The SMILES string of the molecule is Cc1ccsc1CN(Cc1ccccc1)C(=O)CN(CC(C)C)C(=O)COCc1ccccc1. The van der Waals surface area contributed by atoms with Crippen molar-refractivity contribution in [3.63, 3.8) is 0 Å². The van der Waals surface area contributed by atoms with Crippen molar-refractivity contribution in [2.45, 2.75) is 40.5 Å². The van der Waals surface area contributed by atoms with Crippen LogP contribution in [0.15, 0.2) is 72.1 Å². The van der Waals surface area contributed by atoms with E-state index in [4.69, 9.17) is 4.74 Å². The fraction of sp³-hybridized carbons (Fsp3) is 0.357. The number of thiophene rings is 1. The van der Waals surface area contributed by atoms with E-state index in [0.29, 0.717) is 26.2 Å². The van der Waals surface area contributed by atoms with Crippen molar-refractivity contribution in [2.75, 3.05) is 19.7 Å². The number of hydrogen-bond acceptors (Lipinski definition) is 4. The molecule has 0 radical (unpaired) electrons. The lowest BCUT2D eigenvalue weighted by molar-refractivity contribution is -0.144. The third kappa shape index (κ3) is 8.12. The first-order valence-electron chi connectivity index (χ1n) is 11.7. The maximum Gasteiger partial charge on any atom is 0.249 e. The fourth-order valence-electron chi connectivity index (χ4n) is 3.66. The normalized spacial score (nSPS) is 10.9. The second-order valence-electron chi connectivity index (χ2n) is 8.91. The number of amides is 2. The summed E-state index contributed by atoms with van der Waals surface area (Å²) in [6.07, 6.45) is 0. The monoisotopic (exact) mass is 478 g/mol. The van der Waals surface area contributed by atoms with Crippen LogP contribution in [0.2, 0.25) is 0 Å². The van der Waals surface area contributed by atoms with Crippen LogP contribution in [0.4, 0.5) is 0 Å². The van der Waals surface area contributed by atoms with Crippen molar-refractivity contribution < 1.29 is 14.3 Å². The highest BCUT2D eigenvalue weighted by atomic mass is 32.1. The Bertz CT molecular complexity index is 1030. The zero-order valence-corrected chi connectivity index (χ0v) is 21.1. The van der Waals surface area contributed by atoms with Crippen LogP contribution in [0.1, 0.15) is 35.4 Å². The lowest BCUT2D eigenvalue weighted by atomic mass is 10.2. The van der Waals surface area contributed by atoms with Crippen LogP contribution in [0, 0.1) is 12.8 Å². The summed E-state index contributed by atoms with van der Waals surface area (Å²) >= 11 is 1.66. The number of hydrogen-bond donors (Lipinski definition) is 0. The zero-order chi connectivity index (χ0) is 24.3. The quantitative estimate of drug-likeness (QED) is 0.356. The molecule has 3 rings (SSSR count). The van der Waals surface area contributed by atoms with E-state index >= 15 is 0 Å². The van der Waals surface area contributed by atoms with Gasteiger partial charge in [-0.15, -0.1) is 11.3 Å². The molecule has 0 fully saturated rings. The summed E-state index contributed by atoms with van der Waals surface area (Å²) < 4.78 is 5.67. The highest BCUT2D eigenvalue weighted by Crippen LogP contribution is 2.20. The molecule has 5 nitrogen and oxygen atoms in total. The van der Waals surface area contributed by atoms with Crippen molar-refractivity contribution in [3.8, 4) is 0 Å². The summed E-state index contributed by atoms with van der Waals surface area (Å²) in [6, 6.07) is 21.8. The number of nitrogens with zero attached hydrogens (tertiary/aromatic N) is 2. The number of benzene rings is 2. The Morgan fingerprint density at radius 1 is 0.853 bits per heavy atom. The van der Waals surface area contributed by atoms with Crippen LogP contribution in [-0.4, -0.2) is 41.3 Å². The summed E-state index contributed by atoms with van der Waals surface area (Å²) in [7, 11) is 0. The molecule has 0 spiro atoms. The molecule has 0 aliphatic carbocycles. The van der Waals surface area contributed by atoms with Crippen LogP contribution < -0.4 is 0 Å². The lowest BCUT2D eigenvalue weighted by Crippen LogP contribution is -2.45. The molecule has 2 amide bonds. The predicted octanol–water partition coefficient (Wildman–Crippen LogP) is 5.29. The van der Waals surface area contributed by atoms with E-state index in [2.05, 4.69) is 18.4 Å². The van der Waals surface area contributed by atoms with Crippen LogP contribution >= 0.6 is 11.3 Å². The number of ether oxygens (including phenoxy) is 1. The van der Waals surface area contributed by atoms with Crippen molar-refractivity contribution in [2.24, 2.45) is 5.92 Å². The van der Waals surface area contributed by atoms with Gasteiger partial charge in [0.25, 0.3) is 0 Å². The van der Waals surface area contributed by atoms with Crippen LogP contribution in [-0.2, 0) is 34.0 Å². The van der Waals surface area contributed by atoms with Gasteiger partial charge >= 0.3 is 0 Å². The van der Waals surface area contributed by atoms with Gasteiger partial charge in [0.1, 0.15) is 6.61 Å². The van der Waals surface area contributed by atoms with Gasteiger partial charge in [0.05, 0.1) is 19.7 Å². The van der Waals surface area contributed by atoms with Gasteiger partial charge in [-0.3, -0.25) is 9.59 Å². The number of carbonyl (C=O) groups is 2. The lowest BCUT2D eigenvalue weighted by Gasteiger charge is -2.29. The highest BCUT2D eigenvalue weighted by molar-refractivity contribution is 7.10. The maximum atomic E-state index is 13.5. The van der Waals surface area contributed by atoms with Crippen LogP contribution in [0.3, 0.4) is 0 Å². The molecule has 34 heavy (non-hydrogen) atoms. The molecule has 0 saturated heterocycles. The van der Waals surface area contributed by atoms with Gasteiger partial charge in [0.2, 0.25) is 11.8 Å². The second-order valence-corrected chi connectivity index (χ2v) is 9.91. The number of carbonyl (C=O) groups excluding carboxylic acids is 2. The maximum absolute atomic E-state index is 13.5. The van der Waals surface area contributed by atoms with Gasteiger partial charge in [-0.25, -0.2) is 0 Å².